The van der Waals surface area contributed by atoms with Crippen molar-refractivity contribution in [2.45, 2.75) is 6.61 Å². The number of ether oxygens (including phenoxy) is 2. The van der Waals surface area contributed by atoms with E-state index in [1.54, 1.807) is 31.5 Å². The van der Waals surface area contributed by atoms with Crippen LogP contribution in [-0.4, -0.2) is 23.0 Å². The van der Waals surface area contributed by atoms with Gasteiger partial charge in [0.1, 0.15) is 18.1 Å². The van der Waals surface area contributed by atoms with E-state index in [1.807, 2.05) is 42.5 Å². The van der Waals surface area contributed by atoms with Crippen LogP contribution in [0.25, 0.3) is 10.8 Å². The Morgan fingerprint density at radius 1 is 0.966 bits per heavy atom. The highest BCUT2D eigenvalue weighted by Gasteiger charge is 2.17. The van der Waals surface area contributed by atoms with Gasteiger partial charge in [-0.1, -0.05) is 42.5 Å². The third kappa shape index (κ3) is 3.89. The summed E-state index contributed by atoms with van der Waals surface area (Å²) in [5.41, 5.74) is 1.68. The molecule has 29 heavy (non-hydrogen) atoms. The molecule has 1 heterocycles. The van der Waals surface area contributed by atoms with Gasteiger partial charge in [0.15, 0.2) is 11.5 Å². The minimum Gasteiger partial charge on any atom is -0.508 e. The third-order valence-corrected chi connectivity index (χ3v) is 4.61. The highest BCUT2D eigenvalue weighted by molar-refractivity contribution is 6.15. The molecule has 1 aromatic heterocycles. The molecule has 4 rings (SSSR count). The van der Waals surface area contributed by atoms with Gasteiger partial charge in [0.25, 0.3) is 0 Å². The molecule has 5 heteroatoms. The second kappa shape index (κ2) is 8.02. The lowest BCUT2D eigenvalue weighted by Gasteiger charge is -2.13. The Bertz CT molecular complexity index is 1170. The van der Waals surface area contributed by atoms with Gasteiger partial charge in [0.05, 0.1) is 7.11 Å². The van der Waals surface area contributed by atoms with Crippen LogP contribution in [0.15, 0.2) is 79.0 Å². The highest BCUT2D eigenvalue weighted by Crippen LogP contribution is 2.34. The van der Waals surface area contributed by atoms with E-state index in [-0.39, 0.29) is 11.5 Å². The number of aromatic nitrogens is 1. The van der Waals surface area contributed by atoms with E-state index in [0.717, 1.165) is 10.9 Å². The van der Waals surface area contributed by atoms with Crippen molar-refractivity contribution < 1.29 is 19.4 Å². The molecule has 0 saturated heterocycles. The van der Waals surface area contributed by atoms with E-state index >= 15 is 0 Å². The number of methoxy groups -OCH3 is 1. The van der Waals surface area contributed by atoms with E-state index in [4.69, 9.17) is 9.47 Å². The Labute approximate surface area is 168 Å². The Kier molecular flexibility index (Phi) is 5.12. The number of carbonyl (C=O) groups excluding carboxylic acids is 1. The fourth-order valence-corrected chi connectivity index (χ4v) is 3.15. The van der Waals surface area contributed by atoms with Crippen molar-refractivity contribution in [2.24, 2.45) is 0 Å². The van der Waals surface area contributed by atoms with Crippen molar-refractivity contribution in [1.29, 1.82) is 0 Å². The first-order valence-corrected chi connectivity index (χ1v) is 9.13. The van der Waals surface area contributed by atoms with Crippen LogP contribution < -0.4 is 9.47 Å². The number of fused-ring (bicyclic) bond motifs is 1. The smallest absolute Gasteiger partial charge is 0.212 e. The van der Waals surface area contributed by atoms with Crippen molar-refractivity contribution in [1.82, 2.24) is 4.98 Å². The molecular formula is C24H19NO4. The Morgan fingerprint density at radius 3 is 2.55 bits per heavy atom. The number of nitrogens with zero attached hydrogens (tertiary/aromatic N) is 1. The molecule has 0 spiro atoms. The van der Waals surface area contributed by atoms with Crippen LogP contribution in [0.5, 0.6) is 17.2 Å². The first-order valence-electron chi connectivity index (χ1n) is 9.13. The van der Waals surface area contributed by atoms with Crippen LogP contribution >= 0.6 is 0 Å². The number of carbonyl (C=O) groups is 1. The lowest BCUT2D eigenvalue weighted by atomic mass is 10.0. The highest BCUT2D eigenvalue weighted by atomic mass is 16.5. The zero-order valence-corrected chi connectivity index (χ0v) is 15.8. The van der Waals surface area contributed by atoms with Gasteiger partial charge in [-0.05, 0) is 41.3 Å². The van der Waals surface area contributed by atoms with E-state index in [0.29, 0.717) is 34.7 Å². The number of rotatable bonds is 6. The Hall–Kier alpha value is -3.86. The van der Waals surface area contributed by atoms with E-state index in [2.05, 4.69) is 4.98 Å². The number of benzene rings is 3. The largest absolute Gasteiger partial charge is 0.508 e. The van der Waals surface area contributed by atoms with Crippen LogP contribution in [-0.2, 0) is 6.61 Å². The third-order valence-electron chi connectivity index (χ3n) is 4.61. The maximum atomic E-state index is 13.0. The predicted molar refractivity (Wildman–Crippen MR) is 111 cm³/mol. The summed E-state index contributed by atoms with van der Waals surface area (Å²) in [4.78, 5) is 17.3. The number of hydrogen-bond donors (Lipinski definition) is 1. The summed E-state index contributed by atoms with van der Waals surface area (Å²) in [6.07, 6.45) is 1.59. The molecule has 0 fully saturated rings. The van der Waals surface area contributed by atoms with Crippen LogP contribution in [0.2, 0.25) is 0 Å². The fraction of sp³-hybridized carbons (Fsp3) is 0.0833. The summed E-state index contributed by atoms with van der Waals surface area (Å²) in [6, 6.07) is 21.5. The molecule has 0 bridgehead atoms. The average Bonchev–Trinajstić information content (AvgIpc) is 2.76. The normalized spacial score (nSPS) is 10.7. The van der Waals surface area contributed by atoms with Crippen LogP contribution in [0.3, 0.4) is 0 Å². The Morgan fingerprint density at radius 2 is 1.79 bits per heavy atom. The van der Waals surface area contributed by atoms with E-state index < -0.39 is 0 Å². The SMILES string of the molecule is COc1cc2ccnc(C(=O)c3cccc(O)c3)c2cc1OCc1ccccc1. The van der Waals surface area contributed by atoms with Crippen LogP contribution in [0, 0.1) is 0 Å². The lowest BCUT2D eigenvalue weighted by molar-refractivity contribution is 0.103. The van der Waals surface area contributed by atoms with Gasteiger partial charge >= 0.3 is 0 Å². The molecule has 0 atom stereocenters. The average molecular weight is 385 g/mol. The molecule has 3 aromatic carbocycles. The van der Waals surface area contributed by atoms with Gasteiger partial charge in [-0.2, -0.15) is 0 Å². The molecule has 4 aromatic rings. The summed E-state index contributed by atoms with van der Waals surface area (Å²) in [5, 5.41) is 11.2. The molecule has 0 saturated carbocycles. The monoisotopic (exact) mass is 385 g/mol. The number of phenols is 1. The molecule has 1 N–H and O–H groups in total. The standard InChI is InChI=1S/C24H19NO4/c1-28-21-13-17-10-11-25-23(24(27)18-8-5-9-19(26)12-18)20(17)14-22(21)29-15-16-6-3-2-4-7-16/h2-14,26H,15H2,1H3. The van der Waals surface area contributed by atoms with Gasteiger partial charge in [-0.15, -0.1) is 0 Å². The number of hydrogen-bond acceptors (Lipinski definition) is 5. The van der Waals surface area contributed by atoms with Crippen molar-refractivity contribution in [3.8, 4) is 17.2 Å². The van der Waals surface area contributed by atoms with Crippen molar-refractivity contribution in [3.05, 3.63) is 95.8 Å². The molecule has 0 aliphatic rings. The molecule has 144 valence electrons. The lowest BCUT2D eigenvalue weighted by Crippen LogP contribution is -2.05. The first-order chi connectivity index (χ1) is 14.2. The maximum absolute atomic E-state index is 13.0. The first kappa shape index (κ1) is 18.5. The molecule has 5 nitrogen and oxygen atoms in total. The van der Waals surface area contributed by atoms with Gasteiger partial charge in [-0.3, -0.25) is 9.78 Å². The molecule has 0 radical (unpaired) electrons. The molecule has 0 amide bonds. The molecule has 0 unspecified atom stereocenters. The zero-order valence-electron chi connectivity index (χ0n) is 15.8. The topological polar surface area (TPSA) is 68.7 Å². The van der Waals surface area contributed by atoms with Crippen LogP contribution in [0.4, 0.5) is 0 Å². The second-order valence-electron chi connectivity index (χ2n) is 6.54. The number of aromatic hydroxyl groups is 1. The second-order valence-corrected chi connectivity index (χ2v) is 6.54. The number of ketones is 1. The van der Waals surface area contributed by atoms with E-state index in [9.17, 15) is 9.90 Å². The molecular weight excluding hydrogens is 366 g/mol. The summed E-state index contributed by atoms with van der Waals surface area (Å²) >= 11 is 0. The maximum Gasteiger partial charge on any atom is 0.212 e. The minimum absolute atomic E-state index is 0.0321. The van der Waals surface area contributed by atoms with Gasteiger partial charge in [0.2, 0.25) is 5.78 Å². The van der Waals surface area contributed by atoms with E-state index in [1.165, 1.54) is 12.1 Å². The van der Waals surface area contributed by atoms with Crippen molar-refractivity contribution >= 4 is 16.6 Å². The Balaban J connectivity index is 1.75. The zero-order chi connectivity index (χ0) is 20.2. The number of pyridine rings is 1. The summed E-state index contributed by atoms with van der Waals surface area (Å²) in [7, 11) is 1.58. The quantitative estimate of drug-likeness (QED) is 0.485. The fourth-order valence-electron chi connectivity index (χ4n) is 3.15. The van der Waals surface area contributed by atoms with Gasteiger partial charge < -0.3 is 14.6 Å². The summed E-state index contributed by atoms with van der Waals surface area (Å²) in [6.45, 7) is 0.374. The van der Waals surface area contributed by atoms with Crippen LogP contribution in [0.1, 0.15) is 21.6 Å². The summed E-state index contributed by atoms with van der Waals surface area (Å²) < 4.78 is 11.5. The van der Waals surface area contributed by atoms with Gasteiger partial charge in [-0.25, -0.2) is 0 Å². The number of phenolic OH excluding ortho intramolecular Hbond substituents is 1. The minimum atomic E-state index is -0.273. The van der Waals surface area contributed by atoms with Gasteiger partial charge in [0, 0.05) is 17.1 Å². The summed E-state index contributed by atoms with van der Waals surface area (Å²) in [5.74, 6) is 0.868. The van der Waals surface area contributed by atoms with Crippen molar-refractivity contribution in [2.75, 3.05) is 7.11 Å². The molecule has 0 aliphatic carbocycles. The molecule has 0 aliphatic heterocycles. The predicted octanol–water partition coefficient (Wildman–Crippen LogP) is 4.76. The van der Waals surface area contributed by atoms with Crippen molar-refractivity contribution in [3.63, 3.8) is 0 Å².